The third kappa shape index (κ3) is 0.885. The normalized spacial score (nSPS) is 11.1. The topological polar surface area (TPSA) is 51.8 Å². The predicted molar refractivity (Wildman–Crippen MR) is 46.2 cm³/mol. The summed E-state index contributed by atoms with van der Waals surface area (Å²) in [5.74, 6) is 0.485. The molecule has 1 aromatic carbocycles. The van der Waals surface area contributed by atoms with E-state index < -0.39 is 0 Å². The summed E-state index contributed by atoms with van der Waals surface area (Å²) < 4.78 is 5.45. The summed E-state index contributed by atoms with van der Waals surface area (Å²) in [6.45, 7) is 0. The van der Waals surface area contributed by atoms with Crippen molar-refractivity contribution in [3.05, 3.63) is 30.3 Å². The quantitative estimate of drug-likeness (QED) is 0.516. The molecule has 0 radical (unpaired) electrons. The molecule has 0 N–H and O–H groups in total. The van der Waals surface area contributed by atoms with Crippen molar-refractivity contribution in [1.29, 1.82) is 0 Å². The fraction of sp³-hybridized carbons (Fsp3) is 0. The van der Waals surface area contributed by atoms with E-state index in [9.17, 15) is 0 Å². The summed E-state index contributed by atoms with van der Waals surface area (Å²) in [6.07, 6.45) is 0. The summed E-state index contributed by atoms with van der Waals surface area (Å²) in [4.78, 5) is 0. The predicted octanol–water partition coefficient (Wildman–Crippen LogP) is 1.72. The van der Waals surface area contributed by atoms with Gasteiger partial charge in [-0.2, -0.15) is 0 Å². The average molecular weight is 171 g/mol. The first-order chi connectivity index (χ1) is 6.43. The van der Waals surface area contributed by atoms with Gasteiger partial charge in [-0.25, -0.2) is 0 Å². The van der Waals surface area contributed by atoms with Crippen molar-refractivity contribution in [2.75, 3.05) is 0 Å². The molecule has 0 spiro atoms. The fourth-order valence-electron chi connectivity index (χ4n) is 1.31. The first-order valence-corrected chi connectivity index (χ1v) is 3.91. The zero-order valence-corrected chi connectivity index (χ0v) is 6.64. The van der Waals surface area contributed by atoms with Gasteiger partial charge < -0.3 is 4.42 Å². The third-order valence-corrected chi connectivity index (χ3v) is 1.92. The van der Waals surface area contributed by atoms with Gasteiger partial charge in [-0.15, -0.1) is 5.10 Å². The van der Waals surface area contributed by atoms with Gasteiger partial charge in [-0.1, -0.05) is 23.3 Å². The maximum atomic E-state index is 5.45. The Hall–Kier alpha value is -1.97. The van der Waals surface area contributed by atoms with E-state index in [0.717, 1.165) is 11.0 Å². The number of fused-ring (bicyclic) bond motifs is 2. The highest BCUT2D eigenvalue weighted by Gasteiger charge is 2.10. The minimum Gasteiger partial charge on any atom is -0.435 e. The molecule has 2 aliphatic rings. The molecular formula is C9H5N3O. The maximum absolute atomic E-state index is 5.45. The van der Waals surface area contributed by atoms with Crippen molar-refractivity contribution >= 4 is 11.0 Å². The molecule has 2 heterocycles. The molecule has 0 bridgehead atoms. The smallest absolute Gasteiger partial charge is 0.268 e. The first kappa shape index (κ1) is 6.54. The zero-order chi connectivity index (χ0) is 8.67. The average Bonchev–Trinajstić information content (AvgIpc) is 2.61. The van der Waals surface area contributed by atoms with Crippen molar-refractivity contribution in [3.8, 4) is 11.6 Å². The number of aromatic nitrogens is 3. The van der Waals surface area contributed by atoms with Crippen molar-refractivity contribution in [1.82, 2.24) is 15.4 Å². The van der Waals surface area contributed by atoms with Crippen LogP contribution in [0, 0.1) is 0 Å². The van der Waals surface area contributed by atoms with Crippen molar-refractivity contribution in [2.24, 2.45) is 0 Å². The van der Waals surface area contributed by atoms with E-state index in [-0.39, 0.29) is 0 Å². The van der Waals surface area contributed by atoms with Crippen LogP contribution in [0.2, 0.25) is 0 Å². The molecule has 0 saturated carbocycles. The molecule has 0 aliphatic carbocycles. The zero-order valence-electron chi connectivity index (χ0n) is 6.64. The van der Waals surface area contributed by atoms with Gasteiger partial charge in [-0.3, -0.25) is 0 Å². The number of hydrogen-bond donors (Lipinski definition) is 0. The van der Waals surface area contributed by atoms with Gasteiger partial charge in [0.15, 0.2) is 5.69 Å². The lowest BCUT2D eigenvalue weighted by molar-refractivity contribution is 0.598. The van der Waals surface area contributed by atoms with E-state index in [1.54, 1.807) is 0 Å². The highest BCUT2D eigenvalue weighted by Crippen LogP contribution is 2.23. The Kier molecular flexibility index (Phi) is 1.14. The van der Waals surface area contributed by atoms with Gasteiger partial charge in [-0.05, 0) is 17.3 Å². The fourth-order valence-corrected chi connectivity index (χ4v) is 1.31. The molecule has 0 amide bonds. The number of rotatable bonds is 0. The standard InChI is InChI=1S/C9H5N3O/c1-2-4-8-6(3-1)5-7-9(13-8)11-12-10-7/h1-5H. The Morgan fingerprint density at radius 3 is 3.00 bits per heavy atom. The van der Waals surface area contributed by atoms with Crippen LogP contribution >= 0.6 is 0 Å². The van der Waals surface area contributed by atoms with Crippen molar-refractivity contribution in [2.45, 2.75) is 0 Å². The van der Waals surface area contributed by atoms with Crippen LogP contribution in [0.5, 0.6) is 0 Å². The van der Waals surface area contributed by atoms with Crippen molar-refractivity contribution in [3.63, 3.8) is 0 Å². The Balaban J connectivity index is 2.52. The van der Waals surface area contributed by atoms with Gasteiger partial charge in [0.25, 0.3) is 5.89 Å². The highest BCUT2D eigenvalue weighted by atomic mass is 16.3. The first-order valence-electron chi connectivity index (χ1n) is 3.91. The van der Waals surface area contributed by atoms with E-state index in [4.69, 9.17) is 4.42 Å². The van der Waals surface area contributed by atoms with E-state index in [2.05, 4.69) is 15.4 Å². The molecule has 0 fully saturated rings. The summed E-state index contributed by atoms with van der Waals surface area (Å²) >= 11 is 0. The van der Waals surface area contributed by atoms with Crippen LogP contribution in [0.15, 0.2) is 34.7 Å². The van der Waals surface area contributed by atoms with Crippen LogP contribution in [0.1, 0.15) is 0 Å². The minimum atomic E-state index is 0.485. The van der Waals surface area contributed by atoms with Crippen LogP contribution in [-0.4, -0.2) is 15.4 Å². The van der Waals surface area contributed by atoms with Crippen LogP contribution in [-0.2, 0) is 0 Å². The van der Waals surface area contributed by atoms with E-state index in [1.165, 1.54) is 0 Å². The van der Waals surface area contributed by atoms with Gasteiger partial charge in [0.05, 0.1) is 0 Å². The SMILES string of the molecule is c1ccc2oc3nnnc-3cc2c1. The lowest BCUT2D eigenvalue weighted by Crippen LogP contribution is -1.79. The Morgan fingerprint density at radius 2 is 2.00 bits per heavy atom. The van der Waals surface area contributed by atoms with E-state index >= 15 is 0 Å². The summed E-state index contributed by atoms with van der Waals surface area (Å²) in [7, 11) is 0. The number of para-hydroxylation sites is 1. The molecular weight excluding hydrogens is 166 g/mol. The molecule has 3 rings (SSSR count). The molecule has 13 heavy (non-hydrogen) atoms. The Morgan fingerprint density at radius 1 is 1.08 bits per heavy atom. The van der Waals surface area contributed by atoms with Crippen LogP contribution in [0.4, 0.5) is 0 Å². The van der Waals surface area contributed by atoms with Gasteiger partial charge in [0, 0.05) is 5.39 Å². The molecule has 62 valence electrons. The summed E-state index contributed by atoms with van der Waals surface area (Å²) in [5, 5.41) is 12.1. The summed E-state index contributed by atoms with van der Waals surface area (Å²) in [5.41, 5.74) is 1.50. The molecule has 0 atom stereocenters. The number of benzene rings is 1. The molecule has 4 heteroatoms. The van der Waals surface area contributed by atoms with Gasteiger partial charge >= 0.3 is 0 Å². The largest absolute Gasteiger partial charge is 0.435 e. The molecule has 0 unspecified atom stereocenters. The second-order valence-electron chi connectivity index (χ2n) is 2.76. The van der Waals surface area contributed by atoms with Crippen LogP contribution in [0.3, 0.4) is 0 Å². The minimum absolute atomic E-state index is 0.485. The van der Waals surface area contributed by atoms with E-state index in [0.29, 0.717) is 11.6 Å². The Labute approximate surface area is 73.5 Å². The lowest BCUT2D eigenvalue weighted by atomic mass is 10.2. The number of nitrogens with zero attached hydrogens (tertiary/aromatic N) is 3. The van der Waals surface area contributed by atoms with Crippen molar-refractivity contribution < 1.29 is 4.42 Å². The molecule has 1 aromatic rings. The van der Waals surface area contributed by atoms with Gasteiger partial charge in [0.1, 0.15) is 5.58 Å². The molecule has 4 nitrogen and oxygen atoms in total. The molecule has 0 aromatic heterocycles. The second kappa shape index (κ2) is 2.26. The summed E-state index contributed by atoms with van der Waals surface area (Å²) in [6, 6.07) is 9.64. The molecule has 0 saturated heterocycles. The third-order valence-electron chi connectivity index (χ3n) is 1.92. The Bertz CT molecular complexity index is 485. The molecule has 2 aliphatic heterocycles. The van der Waals surface area contributed by atoms with E-state index in [1.807, 2.05) is 30.3 Å². The van der Waals surface area contributed by atoms with Crippen LogP contribution < -0.4 is 0 Å². The number of hydrogen-bond acceptors (Lipinski definition) is 4. The monoisotopic (exact) mass is 171 g/mol. The van der Waals surface area contributed by atoms with Crippen LogP contribution in [0.25, 0.3) is 22.6 Å². The highest BCUT2D eigenvalue weighted by molar-refractivity contribution is 5.80. The lowest BCUT2D eigenvalue weighted by Gasteiger charge is -1.97. The van der Waals surface area contributed by atoms with Gasteiger partial charge in [0.2, 0.25) is 0 Å². The maximum Gasteiger partial charge on any atom is 0.268 e. The second-order valence-corrected chi connectivity index (χ2v) is 2.76.